The number of esters is 1. The topological polar surface area (TPSA) is 102 Å². The molecule has 6 aromatic rings. The van der Waals surface area contributed by atoms with E-state index in [0.717, 1.165) is 32.3 Å². The minimum absolute atomic E-state index is 0.0304. The Morgan fingerprint density at radius 3 is 1.70 bits per heavy atom. The number of benzene rings is 5. The number of hydrogen-bond acceptors (Lipinski definition) is 6. The maximum atomic E-state index is 13.1. The first-order valence-corrected chi connectivity index (χ1v) is 15.3. The van der Waals surface area contributed by atoms with Gasteiger partial charge in [0, 0.05) is 32.6 Å². The molecule has 0 aliphatic heterocycles. The highest BCUT2D eigenvalue weighted by Crippen LogP contribution is 2.33. The van der Waals surface area contributed by atoms with Gasteiger partial charge in [-0.3, -0.25) is 14.4 Å². The summed E-state index contributed by atoms with van der Waals surface area (Å²) in [5, 5.41) is 8.23. The fourth-order valence-electron chi connectivity index (χ4n) is 5.17. The zero-order chi connectivity index (χ0) is 32.2. The summed E-state index contributed by atoms with van der Waals surface area (Å²) in [6, 6.07) is 36.4. The van der Waals surface area contributed by atoms with Gasteiger partial charge in [0.15, 0.2) is 5.78 Å². The Labute approximate surface area is 269 Å². The lowest BCUT2D eigenvalue weighted by Crippen LogP contribution is -2.12. The van der Waals surface area contributed by atoms with E-state index in [-0.39, 0.29) is 23.6 Å². The van der Waals surface area contributed by atoms with Gasteiger partial charge in [-0.05, 0) is 89.7 Å². The Bertz CT molecular complexity index is 2100. The first kappa shape index (κ1) is 30.2. The smallest absolute Gasteiger partial charge is 0.337 e. The third-order valence-electron chi connectivity index (χ3n) is 7.61. The molecule has 5 aromatic carbocycles. The number of carbonyl (C=O) groups is 4. The number of thiophene rings is 1. The highest BCUT2D eigenvalue weighted by molar-refractivity contribution is 7.19. The van der Waals surface area contributed by atoms with Crippen LogP contribution in [0.2, 0.25) is 0 Å². The lowest BCUT2D eigenvalue weighted by molar-refractivity contribution is 0.0600. The molecule has 0 radical (unpaired) electrons. The van der Waals surface area contributed by atoms with Gasteiger partial charge >= 0.3 is 5.97 Å². The number of ketones is 1. The van der Waals surface area contributed by atoms with Crippen LogP contribution in [-0.2, 0) is 4.74 Å². The number of ether oxygens (including phenoxy) is 1. The molecule has 0 fully saturated rings. The molecule has 6 rings (SSSR count). The predicted molar refractivity (Wildman–Crippen MR) is 183 cm³/mol. The Morgan fingerprint density at radius 2 is 1.11 bits per heavy atom. The van der Waals surface area contributed by atoms with Crippen LogP contribution in [0.1, 0.15) is 48.4 Å². The summed E-state index contributed by atoms with van der Waals surface area (Å²) in [7, 11) is 1.35. The van der Waals surface area contributed by atoms with Crippen molar-refractivity contribution in [1.82, 2.24) is 0 Å². The van der Waals surface area contributed by atoms with Crippen molar-refractivity contribution >= 4 is 56.4 Å². The monoisotopic (exact) mass is 624 g/mol. The van der Waals surface area contributed by atoms with E-state index in [1.54, 1.807) is 48.5 Å². The molecule has 2 amide bonds. The molecule has 0 saturated heterocycles. The summed E-state index contributed by atoms with van der Waals surface area (Å²) in [4.78, 5) is 50.7. The average Bonchev–Trinajstić information content (AvgIpc) is 3.56. The van der Waals surface area contributed by atoms with E-state index in [4.69, 9.17) is 4.74 Å². The number of Topliss-reactive ketones (excluding diaryl/α,β-unsaturated/α-hetero) is 1. The number of amides is 2. The molecule has 2 N–H and O–H groups in total. The molecule has 0 aliphatic rings. The molecule has 0 aliphatic carbocycles. The molecule has 0 spiro atoms. The van der Waals surface area contributed by atoms with E-state index in [1.165, 1.54) is 25.4 Å². The molecule has 8 heteroatoms. The minimum atomic E-state index is -0.390. The molecule has 0 saturated carbocycles. The molecule has 7 nitrogen and oxygen atoms in total. The Kier molecular flexibility index (Phi) is 8.54. The van der Waals surface area contributed by atoms with E-state index in [0.29, 0.717) is 32.9 Å². The zero-order valence-corrected chi connectivity index (χ0v) is 25.8. The Hall–Kier alpha value is -5.86. The van der Waals surface area contributed by atoms with Gasteiger partial charge in [-0.25, -0.2) is 4.79 Å². The van der Waals surface area contributed by atoms with E-state index in [9.17, 15) is 19.2 Å². The summed E-state index contributed by atoms with van der Waals surface area (Å²) in [5.74, 6) is -0.899. The van der Waals surface area contributed by atoms with Crippen LogP contribution in [-0.4, -0.2) is 30.7 Å². The second-order valence-electron chi connectivity index (χ2n) is 10.6. The number of rotatable bonds is 8. The number of anilines is 2. The normalized spacial score (nSPS) is 10.7. The highest BCUT2D eigenvalue weighted by Gasteiger charge is 2.14. The van der Waals surface area contributed by atoms with Gasteiger partial charge in [0.1, 0.15) is 0 Å². The number of carbonyl (C=O) groups excluding carboxylic acids is 4. The molecule has 0 atom stereocenters. The lowest BCUT2D eigenvalue weighted by atomic mass is 10.0. The molecule has 1 aromatic heterocycles. The van der Waals surface area contributed by atoms with E-state index < -0.39 is 0 Å². The van der Waals surface area contributed by atoms with Crippen molar-refractivity contribution in [3.8, 4) is 21.6 Å². The summed E-state index contributed by atoms with van der Waals surface area (Å²) in [6.45, 7) is 1.53. The fourth-order valence-corrected chi connectivity index (χ4v) is 6.08. The lowest BCUT2D eigenvalue weighted by Gasteiger charge is -2.11. The average molecular weight is 625 g/mol. The van der Waals surface area contributed by atoms with Crippen LogP contribution in [0, 0.1) is 0 Å². The summed E-state index contributed by atoms with van der Waals surface area (Å²) >= 11 is 1.44. The molecular formula is C38H28N2O5S. The van der Waals surface area contributed by atoms with Gasteiger partial charge in [-0.15, -0.1) is 11.3 Å². The summed E-state index contributed by atoms with van der Waals surface area (Å²) in [5.41, 5.74) is 5.49. The van der Waals surface area contributed by atoms with E-state index in [2.05, 4.69) is 10.6 Å². The van der Waals surface area contributed by atoms with Gasteiger partial charge in [0.05, 0.1) is 17.7 Å². The number of nitrogens with one attached hydrogen (secondary N) is 2. The molecule has 46 heavy (non-hydrogen) atoms. The third-order valence-corrected chi connectivity index (χ3v) is 8.66. The summed E-state index contributed by atoms with van der Waals surface area (Å²) in [6.07, 6.45) is 0. The van der Waals surface area contributed by atoms with Crippen LogP contribution in [0.4, 0.5) is 10.7 Å². The molecule has 226 valence electrons. The van der Waals surface area contributed by atoms with E-state index >= 15 is 0 Å². The van der Waals surface area contributed by atoms with Gasteiger partial charge in [0.25, 0.3) is 11.8 Å². The summed E-state index contributed by atoms with van der Waals surface area (Å²) < 4.78 is 4.75. The van der Waals surface area contributed by atoms with Gasteiger partial charge in [0.2, 0.25) is 0 Å². The van der Waals surface area contributed by atoms with Crippen LogP contribution in [0.25, 0.3) is 32.3 Å². The second kappa shape index (κ2) is 13.0. The molecule has 1 heterocycles. The van der Waals surface area contributed by atoms with Crippen molar-refractivity contribution < 1.29 is 23.9 Å². The molecular weight excluding hydrogens is 596 g/mol. The number of fused-ring (bicyclic) bond motifs is 1. The fraction of sp³-hybridized carbons (Fsp3) is 0.0526. The van der Waals surface area contributed by atoms with Crippen LogP contribution in [0.3, 0.4) is 0 Å². The SMILES string of the molecule is COC(=O)c1ccc(-c2ccc(C(=O)Nc3ccc(-c4ccc(C(=O)Nc5ccc(C(C)=O)c6ccccc56)cc4)s3)cc2)cc1. The highest BCUT2D eigenvalue weighted by atomic mass is 32.1. The van der Waals surface area contributed by atoms with Crippen LogP contribution < -0.4 is 10.6 Å². The van der Waals surface area contributed by atoms with Crippen LogP contribution >= 0.6 is 11.3 Å². The van der Waals surface area contributed by atoms with Gasteiger partial charge in [-0.2, -0.15) is 0 Å². The van der Waals surface area contributed by atoms with Crippen molar-refractivity contribution in [3.05, 3.63) is 144 Å². The van der Waals surface area contributed by atoms with Crippen LogP contribution in [0.15, 0.2) is 121 Å². The van der Waals surface area contributed by atoms with Crippen molar-refractivity contribution in [2.45, 2.75) is 6.92 Å². The third kappa shape index (κ3) is 6.33. The predicted octanol–water partition coefficient (Wildman–Crippen LogP) is 8.73. The Balaban J connectivity index is 1.10. The largest absolute Gasteiger partial charge is 0.465 e. The van der Waals surface area contributed by atoms with E-state index in [1.807, 2.05) is 72.8 Å². The quantitative estimate of drug-likeness (QED) is 0.130. The van der Waals surface area contributed by atoms with Gasteiger partial charge in [-0.1, -0.05) is 60.7 Å². The first-order valence-electron chi connectivity index (χ1n) is 14.4. The van der Waals surface area contributed by atoms with Crippen molar-refractivity contribution in [2.75, 3.05) is 17.7 Å². The van der Waals surface area contributed by atoms with Crippen LogP contribution in [0.5, 0.6) is 0 Å². The van der Waals surface area contributed by atoms with Gasteiger partial charge < -0.3 is 15.4 Å². The number of hydrogen-bond donors (Lipinski definition) is 2. The maximum absolute atomic E-state index is 13.1. The number of methoxy groups -OCH3 is 1. The van der Waals surface area contributed by atoms with Crippen molar-refractivity contribution in [2.24, 2.45) is 0 Å². The second-order valence-corrected chi connectivity index (χ2v) is 11.6. The molecule has 0 bridgehead atoms. The van der Waals surface area contributed by atoms with Crippen molar-refractivity contribution in [1.29, 1.82) is 0 Å². The first-order chi connectivity index (χ1) is 22.3. The maximum Gasteiger partial charge on any atom is 0.337 e. The van der Waals surface area contributed by atoms with Crippen molar-refractivity contribution in [3.63, 3.8) is 0 Å². The Morgan fingerprint density at radius 1 is 0.565 bits per heavy atom. The zero-order valence-electron chi connectivity index (χ0n) is 25.0. The standard InChI is InChI=1S/C38H28N2O5S/c1-23(41)30-19-20-33(32-6-4-3-5-31(30)32)39-36(42)27-15-11-26(12-16-27)34-21-22-35(46-34)40-37(43)28-13-7-24(8-14-28)25-9-17-29(18-10-25)38(44)45-2/h3-22H,1-2H3,(H,39,42)(H,40,43). The minimum Gasteiger partial charge on any atom is -0.465 e. The molecule has 0 unspecified atom stereocenters.